The van der Waals surface area contributed by atoms with E-state index < -0.39 is 11.5 Å². The largest absolute Gasteiger partial charge is 0.356 e. The number of hydrogen-bond donors (Lipinski definition) is 3. The van der Waals surface area contributed by atoms with E-state index in [0.717, 1.165) is 6.42 Å². The van der Waals surface area contributed by atoms with E-state index in [1.54, 1.807) is 13.8 Å². The number of carbonyl (C=O) groups is 2. The summed E-state index contributed by atoms with van der Waals surface area (Å²) in [4.78, 5) is 23.3. The zero-order valence-corrected chi connectivity index (χ0v) is 11.3. The van der Waals surface area contributed by atoms with Crippen LogP contribution in [-0.2, 0) is 9.59 Å². The van der Waals surface area contributed by atoms with E-state index in [1.165, 1.54) is 0 Å². The first-order valence-corrected chi connectivity index (χ1v) is 6.16. The first kappa shape index (κ1) is 15.9. The molecule has 0 aliphatic rings. The molecule has 0 bridgehead atoms. The smallest absolute Gasteiger partial charge is 0.236 e. The number of rotatable bonds is 7. The first-order valence-electron chi connectivity index (χ1n) is 6.16. The molecule has 17 heavy (non-hydrogen) atoms. The summed E-state index contributed by atoms with van der Waals surface area (Å²) in [5.41, 5.74) is 5.07. The molecule has 0 saturated carbocycles. The fourth-order valence-electron chi connectivity index (χ4n) is 1.36. The Morgan fingerprint density at radius 2 is 1.82 bits per heavy atom. The fraction of sp³-hybridized carbons (Fsp3) is 0.833. The van der Waals surface area contributed by atoms with Gasteiger partial charge in [0.05, 0.1) is 11.5 Å². The second-order valence-corrected chi connectivity index (χ2v) is 4.86. The van der Waals surface area contributed by atoms with Crippen LogP contribution in [0.2, 0.25) is 0 Å². The first-order chi connectivity index (χ1) is 7.85. The zero-order chi connectivity index (χ0) is 13.5. The van der Waals surface area contributed by atoms with Crippen molar-refractivity contribution < 1.29 is 9.59 Å². The molecule has 100 valence electrons. The molecule has 0 fully saturated rings. The standard InChI is InChI=1S/C12H25N3O2/c1-5-7-9(13)10(16)15-8-12(3,4)11(17)14-6-2/h9H,5-8,13H2,1-4H3,(H,14,17)(H,15,16). The van der Waals surface area contributed by atoms with Gasteiger partial charge in [-0.25, -0.2) is 0 Å². The molecule has 0 heterocycles. The van der Waals surface area contributed by atoms with E-state index in [2.05, 4.69) is 10.6 Å². The number of nitrogens with one attached hydrogen (secondary N) is 2. The molecule has 5 heteroatoms. The molecular weight excluding hydrogens is 218 g/mol. The lowest BCUT2D eigenvalue weighted by molar-refractivity contribution is -0.130. The van der Waals surface area contributed by atoms with Crippen molar-refractivity contribution in [3.8, 4) is 0 Å². The summed E-state index contributed by atoms with van der Waals surface area (Å²) in [6.45, 7) is 8.32. The SMILES string of the molecule is CCCC(N)C(=O)NCC(C)(C)C(=O)NCC. The van der Waals surface area contributed by atoms with Crippen LogP contribution < -0.4 is 16.4 Å². The van der Waals surface area contributed by atoms with Crippen molar-refractivity contribution in [2.24, 2.45) is 11.1 Å². The van der Waals surface area contributed by atoms with Gasteiger partial charge in [0.25, 0.3) is 0 Å². The topological polar surface area (TPSA) is 84.2 Å². The van der Waals surface area contributed by atoms with Gasteiger partial charge in [0.1, 0.15) is 0 Å². The molecule has 4 N–H and O–H groups in total. The molecule has 0 radical (unpaired) electrons. The number of hydrogen-bond acceptors (Lipinski definition) is 3. The molecule has 0 aromatic carbocycles. The van der Waals surface area contributed by atoms with E-state index in [1.807, 2.05) is 13.8 Å². The molecule has 1 unspecified atom stereocenters. The van der Waals surface area contributed by atoms with Gasteiger partial charge in [-0.3, -0.25) is 9.59 Å². The monoisotopic (exact) mass is 243 g/mol. The highest BCUT2D eigenvalue weighted by Crippen LogP contribution is 2.13. The van der Waals surface area contributed by atoms with Crippen LogP contribution in [0.3, 0.4) is 0 Å². The Morgan fingerprint density at radius 1 is 1.24 bits per heavy atom. The maximum absolute atomic E-state index is 11.7. The van der Waals surface area contributed by atoms with Gasteiger partial charge in [-0.05, 0) is 27.2 Å². The van der Waals surface area contributed by atoms with E-state index in [0.29, 0.717) is 19.5 Å². The fourth-order valence-corrected chi connectivity index (χ4v) is 1.36. The van der Waals surface area contributed by atoms with Crippen molar-refractivity contribution in [2.75, 3.05) is 13.1 Å². The van der Waals surface area contributed by atoms with Crippen LogP contribution in [0, 0.1) is 5.41 Å². The van der Waals surface area contributed by atoms with Crippen LogP contribution in [0.25, 0.3) is 0 Å². The van der Waals surface area contributed by atoms with Gasteiger partial charge in [0.15, 0.2) is 0 Å². The van der Waals surface area contributed by atoms with Crippen molar-refractivity contribution in [2.45, 2.75) is 46.6 Å². The lowest BCUT2D eigenvalue weighted by Gasteiger charge is -2.24. The Hall–Kier alpha value is -1.10. The van der Waals surface area contributed by atoms with Crippen LogP contribution in [0.15, 0.2) is 0 Å². The second kappa shape index (κ2) is 7.27. The third kappa shape index (κ3) is 5.68. The van der Waals surface area contributed by atoms with Gasteiger partial charge in [0.2, 0.25) is 11.8 Å². The number of amides is 2. The number of nitrogens with two attached hydrogens (primary N) is 1. The average molecular weight is 243 g/mol. The molecule has 0 aromatic rings. The van der Waals surface area contributed by atoms with Gasteiger partial charge in [0, 0.05) is 13.1 Å². The Kier molecular flexibility index (Phi) is 6.80. The molecule has 2 amide bonds. The molecule has 0 rings (SSSR count). The quantitative estimate of drug-likeness (QED) is 0.605. The summed E-state index contributed by atoms with van der Waals surface area (Å²) in [6.07, 6.45) is 1.53. The minimum atomic E-state index is -0.613. The molecule has 5 nitrogen and oxygen atoms in total. The Labute approximate surface area is 104 Å². The highest BCUT2D eigenvalue weighted by atomic mass is 16.2. The molecular formula is C12H25N3O2. The summed E-state index contributed by atoms with van der Waals surface area (Å²) >= 11 is 0. The van der Waals surface area contributed by atoms with Gasteiger partial charge in [-0.2, -0.15) is 0 Å². The molecule has 0 aromatic heterocycles. The normalized spacial score (nSPS) is 13.0. The van der Waals surface area contributed by atoms with Crippen molar-refractivity contribution in [1.82, 2.24) is 10.6 Å². The zero-order valence-electron chi connectivity index (χ0n) is 11.3. The van der Waals surface area contributed by atoms with Crippen LogP contribution in [0.1, 0.15) is 40.5 Å². The number of carbonyl (C=O) groups excluding carboxylic acids is 2. The predicted octanol–water partition coefficient (Wildman–Crippen LogP) is 0.392. The Morgan fingerprint density at radius 3 is 2.29 bits per heavy atom. The molecule has 0 saturated heterocycles. The lowest BCUT2D eigenvalue weighted by Crippen LogP contribution is -2.48. The van der Waals surface area contributed by atoms with Gasteiger partial charge < -0.3 is 16.4 Å². The van der Waals surface area contributed by atoms with Crippen LogP contribution in [-0.4, -0.2) is 30.9 Å². The molecule has 1 atom stereocenters. The maximum atomic E-state index is 11.7. The highest BCUT2D eigenvalue weighted by molar-refractivity contribution is 5.84. The third-order valence-electron chi connectivity index (χ3n) is 2.59. The lowest BCUT2D eigenvalue weighted by atomic mass is 9.92. The third-order valence-corrected chi connectivity index (χ3v) is 2.59. The predicted molar refractivity (Wildman–Crippen MR) is 68.4 cm³/mol. The maximum Gasteiger partial charge on any atom is 0.236 e. The van der Waals surface area contributed by atoms with Crippen LogP contribution >= 0.6 is 0 Å². The minimum Gasteiger partial charge on any atom is -0.356 e. The van der Waals surface area contributed by atoms with Crippen LogP contribution in [0.5, 0.6) is 0 Å². The van der Waals surface area contributed by atoms with Crippen molar-refractivity contribution in [3.05, 3.63) is 0 Å². The summed E-state index contributed by atoms with van der Waals surface area (Å²) in [5.74, 6) is -0.256. The molecule has 0 aliphatic heterocycles. The summed E-state index contributed by atoms with van der Waals surface area (Å²) in [7, 11) is 0. The molecule has 0 aliphatic carbocycles. The summed E-state index contributed by atoms with van der Waals surface area (Å²) in [6, 6.07) is -0.481. The summed E-state index contributed by atoms with van der Waals surface area (Å²) in [5, 5.41) is 5.46. The Bertz CT molecular complexity index is 264. The van der Waals surface area contributed by atoms with Gasteiger partial charge >= 0.3 is 0 Å². The van der Waals surface area contributed by atoms with Crippen molar-refractivity contribution in [3.63, 3.8) is 0 Å². The van der Waals surface area contributed by atoms with Crippen LogP contribution in [0.4, 0.5) is 0 Å². The average Bonchev–Trinajstić information content (AvgIpc) is 2.26. The van der Waals surface area contributed by atoms with E-state index in [4.69, 9.17) is 5.73 Å². The minimum absolute atomic E-state index is 0.0654. The van der Waals surface area contributed by atoms with E-state index >= 15 is 0 Å². The van der Waals surface area contributed by atoms with E-state index in [9.17, 15) is 9.59 Å². The van der Waals surface area contributed by atoms with Gasteiger partial charge in [-0.15, -0.1) is 0 Å². The van der Waals surface area contributed by atoms with Gasteiger partial charge in [-0.1, -0.05) is 13.3 Å². The molecule has 0 spiro atoms. The summed E-state index contributed by atoms with van der Waals surface area (Å²) < 4.78 is 0. The second-order valence-electron chi connectivity index (χ2n) is 4.86. The van der Waals surface area contributed by atoms with E-state index in [-0.39, 0.29) is 11.8 Å². The highest BCUT2D eigenvalue weighted by Gasteiger charge is 2.28. The Balaban J connectivity index is 4.17. The van der Waals surface area contributed by atoms with Crippen molar-refractivity contribution >= 4 is 11.8 Å². The van der Waals surface area contributed by atoms with Crippen molar-refractivity contribution in [1.29, 1.82) is 0 Å².